The number of hydrogen-bond donors (Lipinski definition) is 1. The normalized spacial score (nSPS) is 14.8. The van der Waals surface area contributed by atoms with Crippen LogP contribution in [0.3, 0.4) is 0 Å². The van der Waals surface area contributed by atoms with E-state index in [0.29, 0.717) is 13.1 Å². The van der Waals surface area contributed by atoms with E-state index in [1.165, 1.54) is 5.56 Å². The number of nitrogens with zero attached hydrogens (tertiary/aromatic N) is 2. The average molecular weight is 380 g/mol. The molecule has 1 aliphatic rings. The number of carbonyl (C=O) groups is 2. The Labute approximate surface area is 167 Å². The molecule has 0 saturated carbocycles. The third-order valence-electron chi connectivity index (χ3n) is 5.23. The Kier molecular flexibility index (Phi) is 6.47. The molecule has 1 fully saturated rings. The smallest absolute Gasteiger partial charge is 0.233 e. The van der Waals surface area contributed by atoms with Gasteiger partial charge in [0.15, 0.2) is 0 Å². The van der Waals surface area contributed by atoms with Gasteiger partial charge in [-0.15, -0.1) is 0 Å². The Hall–Kier alpha value is -2.66. The first kappa shape index (κ1) is 20.1. The Morgan fingerprint density at radius 2 is 1.54 bits per heavy atom. The van der Waals surface area contributed by atoms with Crippen LogP contribution in [0.25, 0.3) is 0 Å². The summed E-state index contributed by atoms with van der Waals surface area (Å²) < 4.78 is 0. The minimum absolute atomic E-state index is 0.0979. The van der Waals surface area contributed by atoms with Crippen molar-refractivity contribution in [3.63, 3.8) is 0 Å². The van der Waals surface area contributed by atoms with E-state index < -0.39 is 0 Å². The molecule has 0 aromatic heterocycles. The number of hydrogen-bond acceptors (Lipinski definition) is 3. The number of rotatable bonds is 5. The fourth-order valence-electron chi connectivity index (χ4n) is 3.81. The molecule has 1 N–H and O–H groups in total. The number of anilines is 1. The second-order valence-corrected chi connectivity index (χ2v) is 7.64. The molecule has 28 heavy (non-hydrogen) atoms. The second kappa shape index (κ2) is 9.02. The van der Waals surface area contributed by atoms with Crippen molar-refractivity contribution < 1.29 is 9.59 Å². The standard InChI is InChI=1S/C23H29N3O2/c1-17-13-18(2)23(19(3)14-17)24-21(27)15-22(28)26-11-9-25(10-12-26)16-20-7-5-4-6-8-20/h4-8,13-14H,9-12,15-16H2,1-3H3,(H,24,27). The highest BCUT2D eigenvalue weighted by molar-refractivity contribution is 6.04. The molecule has 1 saturated heterocycles. The molecule has 2 amide bonds. The van der Waals surface area contributed by atoms with E-state index in [1.54, 1.807) is 4.90 Å². The largest absolute Gasteiger partial charge is 0.340 e. The topological polar surface area (TPSA) is 52.7 Å². The summed E-state index contributed by atoms with van der Waals surface area (Å²) in [5.74, 6) is -0.342. The second-order valence-electron chi connectivity index (χ2n) is 7.64. The van der Waals surface area contributed by atoms with Crippen molar-refractivity contribution in [1.29, 1.82) is 0 Å². The van der Waals surface area contributed by atoms with Crippen molar-refractivity contribution in [3.8, 4) is 0 Å². The molecule has 0 bridgehead atoms. The molecule has 5 nitrogen and oxygen atoms in total. The van der Waals surface area contributed by atoms with Crippen LogP contribution in [-0.2, 0) is 16.1 Å². The summed E-state index contributed by atoms with van der Waals surface area (Å²) in [7, 11) is 0. The monoisotopic (exact) mass is 379 g/mol. The lowest BCUT2D eigenvalue weighted by Gasteiger charge is -2.34. The van der Waals surface area contributed by atoms with Crippen molar-refractivity contribution in [2.24, 2.45) is 0 Å². The van der Waals surface area contributed by atoms with E-state index in [0.717, 1.165) is 42.0 Å². The number of aryl methyl sites for hydroxylation is 3. The molecule has 5 heteroatoms. The fraction of sp³-hybridized carbons (Fsp3) is 0.391. The molecule has 1 heterocycles. The summed E-state index contributed by atoms with van der Waals surface area (Å²) in [6, 6.07) is 14.4. The SMILES string of the molecule is Cc1cc(C)c(NC(=O)CC(=O)N2CCN(Cc3ccccc3)CC2)c(C)c1. The molecular formula is C23H29N3O2. The fourth-order valence-corrected chi connectivity index (χ4v) is 3.81. The average Bonchev–Trinajstić information content (AvgIpc) is 2.66. The number of amides is 2. The highest BCUT2D eigenvalue weighted by atomic mass is 16.2. The van der Waals surface area contributed by atoms with Crippen molar-refractivity contribution in [2.45, 2.75) is 33.7 Å². The Morgan fingerprint density at radius 1 is 0.929 bits per heavy atom. The number of piperazine rings is 1. The molecule has 1 aliphatic heterocycles. The third-order valence-corrected chi connectivity index (χ3v) is 5.23. The lowest BCUT2D eigenvalue weighted by atomic mass is 10.0. The van der Waals surface area contributed by atoms with Crippen LogP contribution in [0, 0.1) is 20.8 Å². The molecule has 148 valence electrons. The lowest BCUT2D eigenvalue weighted by Crippen LogP contribution is -2.48. The van der Waals surface area contributed by atoms with Gasteiger partial charge in [0.1, 0.15) is 6.42 Å². The summed E-state index contributed by atoms with van der Waals surface area (Å²) in [5, 5.41) is 2.92. The molecule has 2 aromatic rings. The van der Waals surface area contributed by atoms with Crippen LogP contribution in [-0.4, -0.2) is 47.8 Å². The third kappa shape index (κ3) is 5.20. The van der Waals surface area contributed by atoms with E-state index in [1.807, 2.05) is 51.1 Å². The predicted molar refractivity (Wildman–Crippen MR) is 112 cm³/mol. The van der Waals surface area contributed by atoms with Crippen molar-refractivity contribution in [2.75, 3.05) is 31.5 Å². The van der Waals surface area contributed by atoms with Crippen LogP contribution < -0.4 is 5.32 Å². The van der Waals surface area contributed by atoms with Gasteiger partial charge >= 0.3 is 0 Å². The highest BCUT2D eigenvalue weighted by Gasteiger charge is 2.23. The first-order valence-corrected chi connectivity index (χ1v) is 9.84. The van der Waals surface area contributed by atoms with Gasteiger partial charge in [0.25, 0.3) is 0 Å². The zero-order valence-corrected chi connectivity index (χ0v) is 17.0. The molecule has 0 radical (unpaired) electrons. The maximum Gasteiger partial charge on any atom is 0.233 e. The lowest BCUT2D eigenvalue weighted by molar-refractivity contribution is -0.136. The van der Waals surface area contributed by atoms with Gasteiger partial charge in [-0.05, 0) is 37.5 Å². The first-order chi connectivity index (χ1) is 13.4. The molecule has 0 aliphatic carbocycles. The van der Waals surface area contributed by atoms with E-state index in [2.05, 4.69) is 22.3 Å². The Bertz CT molecular complexity index is 817. The zero-order valence-electron chi connectivity index (χ0n) is 17.0. The van der Waals surface area contributed by atoms with Crippen LogP contribution in [0.5, 0.6) is 0 Å². The van der Waals surface area contributed by atoms with Crippen LogP contribution in [0.15, 0.2) is 42.5 Å². The zero-order chi connectivity index (χ0) is 20.1. The van der Waals surface area contributed by atoms with Gasteiger partial charge in [-0.25, -0.2) is 0 Å². The Morgan fingerprint density at radius 3 is 2.14 bits per heavy atom. The van der Waals surface area contributed by atoms with Crippen LogP contribution >= 0.6 is 0 Å². The van der Waals surface area contributed by atoms with Crippen molar-refractivity contribution >= 4 is 17.5 Å². The maximum absolute atomic E-state index is 12.5. The van der Waals surface area contributed by atoms with E-state index in [9.17, 15) is 9.59 Å². The van der Waals surface area contributed by atoms with Gasteiger partial charge in [0.2, 0.25) is 11.8 Å². The van der Waals surface area contributed by atoms with Crippen LogP contribution in [0.4, 0.5) is 5.69 Å². The summed E-state index contributed by atoms with van der Waals surface area (Å²) >= 11 is 0. The van der Waals surface area contributed by atoms with E-state index in [-0.39, 0.29) is 18.2 Å². The predicted octanol–water partition coefficient (Wildman–Crippen LogP) is 3.28. The van der Waals surface area contributed by atoms with Crippen LogP contribution in [0.2, 0.25) is 0 Å². The minimum atomic E-state index is -0.244. The van der Waals surface area contributed by atoms with Crippen LogP contribution in [0.1, 0.15) is 28.7 Å². The van der Waals surface area contributed by atoms with E-state index >= 15 is 0 Å². The summed E-state index contributed by atoms with van der Waals surface area (Å²) in [5.41, 5.74) is 5.31. The molecule has 2 aromatic carbocycles. The summed E-state index contributed by atoms with van der Waals surface area (Å²) in [4.78, 5) is 29.1. The summed E-state index contributed by atoms with van der Waals surface area (Å²) in [6.45, 7) is 9.88. The summed E-state index contributed by atoms with van der Waals surface area (Å²) in [6.07, 6.45) is -0.106. The molecular weight excluding hydrogens is 350 g/mol. The van der Waals surface area contributed by atoms with Gasteiger partial charge in [0, 0.05) is 38.4 Å². The molecule has 0 unspecified atom stereocenters. The number of carbonyl (C=O) groups excluding carboxylic acids is 2. The Balaban J connectivity index is 1.48. The quantitative estimate of drug-likeness (QED) is 0.811. The minimum Gasteiger partial charge on any atom is -0.340 e. The van der Waals surface area contributed by atoms with Gasteiger partial charge in [-0.1, -0.05) is 48.0 Å². The molecule has 3 rings (SSSR count). The van der Waals surface area contributed by atoms with Gasteiger partial charge in [-0.3, -0.25) is 14.5 Å². The molecule has 0 spiro atoms. The molecule has 0 atom stereocenters. The van der Waals surface area contributed by atoms with Gasteiger partial charge in [-0.2, -0.15) is 0 Å². The number of nitrogens with one attached hydrogen (secondary N) is 1. The van der Waals surface area contributed by atoms with Crippen molar-refractivity contribution in [1.82, 2.24) is 9.80 Å². The van der Waals surface area contributed by atoms with Crippen molar-refractivity contribution in [3.05, 3.63) is 64.7 Å². The van der Waals surface area contributed by atoms with Gasteiger partial charge in [0.05, 0.1) is 0 Å². The maximum atomic E-state index is 12.5. The van der Waals surface area contributed by atoms with Gasteiger partial charge < -0.3 is 10.2 Å². The first-order valence-electron chi connectivity index (χ1n) is 9.84. The number of benzene rings is 2. The highest BCUT2D eigenvalue weighted by Crippen LogP contribution is 2.22. The van der Waals surface area contributed by atoms with E-state index in [4.69, 9.17) is 0 Å².